The lowest BCUT2D eigenvalue weighted by molar-refractivity contribution is -0.122. The van der Waals surface area contributed by atoms with Gasteiger partial charge in [-0.3, -0.25) is 14.5 Å². The van der Waals surface area contributed by atoms with Crippen molar-refractivity contribution in [3.63, 3.8) is 0 Å². The number of hydrogen-bond acceptors (Lipinski definition) is 6. The molecule has 0 saturated carbocycles. The summed E-state index contributed by atoms with van der Waals surface area (Å²) in [4.78, 5) is 28.1. The zero-order valence-corrected chi connectivity index (χ0v) is 32.6. The zero-order chi connectivity index (χ0) is 40.9. The minimum Gasteiger partial charge on any atom is -0.494 e. The molecule has 1 aliphatic heterocycles. The number of hydrogen-bond donors (Lipinski definition) is 0. The standard InChI is InChI=1S/C45H50F5NO6/c1-29(32-12-16-34(17-13-32)54-20-8-4-6-10-22-56-36-24-30(2)42(49)39(46)26-36)25-38-31(3)44(52)51(45(38)53)33-14-18-35(19-15-33)55-21-9-5-7-11-23-57-37-27-40(47)43(50)41(48)28-37/h12-19,24,26-29,31,38H,4-11,20-23,25H2,1-3H3. The van der Waals surface area contributed by atoms with E-state index >= 15 is 0 Å². The van der Waals surface area contributed by atoms with Gasteiger partial charge in [-0.2, -0.15) is 0 Å². The first-order valence-corrected chi connectivity index (χ1v) is 19.6. The van der Waals surface area contributed by atoms with Gasteiger partial charge in [0.15, 0.2) is 29.1 Å². The van der Waals surface area contributed by atoms with Crippen LogP contribution in [0.1, 0.15) is 88.7 Å². The number of halogens is 5. The van der Waals surface area contributed by atoms with E-state index in [1.165, 1.54) is 17.9 Å². The van der Waals surface area contributed by atoms with Crippen LogP contribution in [0.3, 0.4) is 0 Å². The molecule has 306 valence electrons. The highest BCUT2D eigenvalue weighted by Gasteiger charge is 2.46. The summed E-state index contributed by atoms with van der Waals surface area (Å²) in [5.41, 5.74) is 1.78. The lowest BCUT2D eigenvalue weighted by Crippen LogP contribution is -2.30. The van der Waals surface area contributed by atoms with E-state index in [0.29, 0.717) is 49.8 Å². The van der Waals surface area contributed by atoms with Crippen LogP contribution in [0.5, 0.6) is 23.0 Å². The van der Waals surface area contributed by atoms with Crippen molar-refractivity contribution in [3.05, 3.63) is 113 Å². The number of aryl methyl sites for hydroxylation is 1. The maximum atomic E-state index is 13.6. The summed E-state index contributed by atoms with van der Waals surface area (Å²) < 4.78 is 89.3. The van der Waals surface area contributed by atoms with Crippen LogP contribution in [-0.2, 0) is 9.59 Å². The Labute approximate surface area is 331 Å². The minimum atomic E-state index is -1.52. The highest BCUT2D eigenvalue weighted by molar-refractivity contribution is 6.21. The predicted octanol–water partition coefficient (Wildman–Crippen LogP) is 11.0. The van der Waals surface area contributed by atoms with Crippen molar-refractivity contribution in [3.8, 4) is 23.0 Å². The summed E-state index contributed by atoms with van der Waals surface area (Å²) in [6, 6.07) is 19.0. The molecule has 5 rings (SSSR count). The Morgan fingerprint density at radius 2 is 0.982 bits per heavy atom. The second kappa shape index (κ2) is 20.9. The van der Waals surface area contributed by atoms with Gasteiger partial charge in [-0.25, -0.2) is 22.0 Å². The van der Waals surface area contributed by atoms with Gasteiger partial charge in [-0.05, 0) is 124 Å². The van der Waals surface area contributed by atoms with Crippen LogP contribution in [0, 0.1) is 47.8 Å². The van der Waals surface area contributed by atoms with Crippen LogP contribution in [0.15, 0.2) is 72.8 Å². The summed E-state index contributed by atoms with van der Waals surface area (Å²) in [7, 11) is 0. The fraction of sp³-hybridized carbons (Fsp3) is 0.422. The Bertz CT molecular complexity index is 1890. The monoisotopic (exact) mass is 795 g/mol. The molecule has 2 amide bonds. The van der Waals surface area contributed by atoms with Crippen molar-refractivity contribution in [1.82, 2.24) is 0 Å². The smallest absolute Gasteiger partial charge is 0.237 e. The molecule has 0 bridgehead atoms. The number of imide groups is 1. The molecule has 0 aliphatic carbocycles. The van der Waals surface area contributed by atoms with Gasteiger partial charge in [0, 0.05) is 24.1 Å². The maximum absolute atomic E-state index is 13.6. The average Bonchev–Trinajstić information content (AvgIpc) is 3.40. The zero-order valence-electron chi connectivity index (χ0n) is 32.6. The van der Waals surface area contributed by atoms with Crippen LogP contribution in [0.25, 0.3) is 0 Å². The van der Waals surface area contributed by atoms with Gasteiger partial charge in [0.1, 0.15) is 23.0 Å². The molecule has 1 aliphatic rings. The third kappa shape index (κ3) is 11.9. The van der Waals surface area contributed by atoms with Crippen molar-refractivity contribution in [2.75, 3.05) is 31.3 Å². The Balaban J connectivity index is 0.963. The molecule has 57 heavy (non-hydrogen) atoms. The van der Waals surface area contributed by atoms with Crippen molar-refractivity contribution >= 4 is 17.5 Å². The highest BCUT2D eigenvalue weighted by Crippen LogP contribution is 2.37. The minimum absolute atomic E-state index is 0.0352. The first-order chi connectivity index (χ1) is 27.4. The SMILES string of the molecule is Cc1cc(OCCCCCCOc2ccc(C(C)CC3C(=O)N(c4ccc(OCCCCCCOc5cc(F)c(F)c(F)c5)cc4)C(=O)C3C)cc2)cc(F)c1F. The van der Waals surface area contributed by atoms with E-state index in [1.807, 2.05) is 24.3 Å². The van der Waals surface area contributed by atoms with Gasteiger partial charge in [0.25, 0.3) is 0 Å². The number of unbranched alkanes of at least 4 members (excludes halogenated alkanes) is 6. The second-order valence-corrected chi connectivity index (χ2v) is 14.6. The fourth-order valence-electron chi connectivity index (χ4n) is 6.79. The van der Waals surface area contributed by atoms with E-state index in [0.717, 1.165) is 74.5 Å². The molecule has 4 aromatic carbocycles. The largest absolute Gasteiger partial charge is 0.494 e. The van der Waals surface area contributed by atoms with E-state index in [4.69, 9.17) is 18.9 Å². The topological polar surface area (TPSA) is 74.3 Å². The maximum Gasteiger partial charge on any atom is 0.237 e. The van der Waals surface area contributed by atoms with Crippen LogP contribution in [-0.4, -0.2) is 38.2 Å². The van der Waals surface area contributed by atoms with Crippen LogP contribution in [0.4, 0.5) is 27.6 Å². The predicted molar refractivity (Wildman–Crippen MR) is 207 cm³/mol. The van der Waals surface area contributed by atoms with Crippen LogP contribution < -0.4 is 23.8 Å². The van der Waals surface area contributed by atoms with Crippen molar-refractivity contribution < 1.29 is 50.5 Å². The van der Waals surface area contributed by atoms with Gasteiger partial charge in [0.2, 0.25) is 11.8 Å². The fourth-order valence-corrected chi connectivity index (χ4v) is 6.79. The summed E-state index contributed by atoms with van der Waals surface area (Å²) in [6.07, 6.45) is 7.11. The number of anilines is 1. The van der Waals surface area contributed by atoms with E-state index in [-0.39, 0.29) is 35.7 Å². The molecule has 1 heterocycles. The van der Waals surface area contributed by atoms with Gasteiger partial charge in [-0.15, -0.1) is 0 Å². The second-order valence-electron chi connectivity index (χ2n) is 14.6. The molecular weight excluding hydrogens is 745 g/mol. The Hall–Kier alpha value is -5.13. The summed E-state index contributed by atoms with van der Waals surface area (Å²) in [6.45, 7) is 7.06. The normalized spacial score (nSPS) is 15.9. The molecule has 1 fully saturated rings. The number of ether oxygens (including phenoxy) is 4. The number of carbonyl (C=O) groups excluding carboxylic acids is 2. The quantitative estimate of drug-likeness (QED) is 0.0341. The first kappa shape index (κ1) is 43.0. The Kier molecular flexibility index (Phi) is 15.7. The number of benzene rings is 4. The Morgan fingerprint density at radius 1 is 0.561 bits per heavy atom. The molecule has 0 aromatic heterocycles. The summed E-state index contributed by atoms with van der Waals surface area (Å²) in [5, 5.41) is 0. The van der Waals surface area contributed by atoms with Crippen LogP contribution in [0.2, 0.25) is 0 Å². The molecule has 4 aromatic rings. The van der Waals surface area contributed by atoms with Gasteiger partial charge < -0.3 is 18.9 Å². The first-order valence-electron chi connectivity index (χ1n) is 19.6. The van der Waals surface area contributed by atoms with E-state index < -0.39 is 40.9 Å². The van der Waals surface area contributed by atoms with Crippen molar-refractivity contribution in [1.29, 1.82) is 0 Å². The third-order valence-corrected chi connectivity index (χ3v) is 10.2. The van der Waals surface area contributed by atoms with Crippen molar-refractivity contribution in [2.45, 2.75) is 84.5 Å². The average molecular weight is 796 g/mol. The molecule has 12 heteroatoms. The van der Waals surface area contributed by atoms with Gasteiger partial charge >= 0.3 is 0 Å². The lowest BCUT2D eigenvalue weighted by atomic mass is 9.85. The number of amides is 2. The number of carbonyl (C=O) groups is 2. The molecule has 7 nitrogen and oxygen atoms in total. The molecule has 0 radical (unpaired) electrons. The van der Waals surface area contributed by atoms with Crippen LogP contribution >= 0.6 is 0 Å². The molecule has 0 N–H and O–H groups in total. The third-order valence-electron chi connectivity index (χ3n) is 10.2. The molecule has 3 atom stereocenters. The highest BCUT2D eigenvalue weighted by atomic mass is 19.2. The molecule has 3 unspecified atom stereocenters. The summed E-state index contributed by atoms with van der Waals surface area (Å²) >= 11 is 0. The lowest BCUT2D eigenvalue weighted by Gasteiger charge is -2.19. The van der Waals surface area contributed by atoms with Crippen molar-refractivity contribution in [2.24, 2.45) is 11.8 Å². The summed E-state index contributed by atoms with van der Waals surface area (Å²) in [5.74, 6) is -5.50. The van der Waals surface area contributed by atoms with E-state index in [2.05, 4.69) is 6.92 Å². The van der Waals surface area contributed by atoms with E-state index in [1.54, 1.807) is 31.2 Å². The van der Waals surface area contributed by atoms with Gasteiger partial charge in [0.05, 0.1) is 38.0 Å². The molecule has 1 saturated heterocycles. The Morgan fingerprint density at radius 3 is 1.46 bits per heavy atom. The molecular formula is C45H50F5NO6. The van der Waals surface area contributed by atoms with E-state index in [9.17, 15) is 31.5 Å². The van der Waals surface area contributed by atoms with Gasteiger partial charge in [-0.1, -0.05) is 26.0 Å². The number of nitrogens with zero attached hydrogens (tertiary/aromatic N) is 1. The molecule has 0 spiro atoms. The number of rotatable bonds is 22.